The molecule has 1 aliphatic carbocycles. The van der Waals surface area contributed by atoms with Crippen LogP contribution >= 0.6 is 12.6 Å². The van der Waals surface area contributed by atoms with E-state index in [0.29, 0.717) is 5.41 Å². The molecule has 0 atom stereocenters. The Morgan fingerprint density at radius 1 is 1.42 bits per heavy atom. The molecule has 0 aromatic heterocycles. The van der Waals surface area contributed by atoms with Crippen LogP contribution in [0.1, 0.15) is 53.4 Å². The van der Waals surface area contributed by atoms with E-state index in [-0.39, 0.29) is 4.75 Å². The SMILES string of the molecule is CC1CC(C)(CCC(C)(C)S)C1. The van der Waals surface area contributed by atoms with Crippen molar-refractivity contribution in [1.29, 1.82) is 0 Å². The summed E-state index contributed by atoms with van der Waals surface area (Å²) >= 11 is 4.55. The van der Waals surface area contributed by atoms with Gasteiger partial charge in [0.2, 0.25) is 0 Å². The van der Waals surface area contributed by atoms with Crippen molar-refractivity contribution in [2.24, 2.45) is 11.3 Å². The monoisotopic (exact) mass is 186 g/mol. The fraction of sp³-hybridized carbons (Fsp3) is 1.00. The van der Waals surface area contributed by atoms with Crippen molar-refractivity contribution in [3.63, 3.8) is 0 Å². The van der Waals surface area contributed by atoms with E-state index in [0.717, 1.165) is 5.92 Å². The first-order chi connectivity index (χ1) is 5.31. The molecule has 0 aromatic rings. The molecule has 0 spiro atoms. The summed E-state index contributed by atoms with van der Waals surface area (Å²) in [6.45, 7) is 9.20. The van der Waals surface area contributed by atoms with Crippen molar-refractivity contribution in [1.82, 2.24) is 0 Å². The lowest BCUT2D eigenvalue weighted by Gasteiger charge is -2.45. The van der Waals surface area contributed by atoms with E-state index in [9.17, 15) is 0 Å². The molecule has 1 rings (SSSR count). The summed E-state index contributed by atoms with van der Waals surface area (Å²) in [6, 6.07) is 0. The Labute approximate surface area is 82.5 Å². The maximum absolute atomic E-state index is 4.55. The minimum absolute atomic E-state index is 0.224. The molecule has 1 aliphatic rings. The summed E-state index contributed by atoms with van der Waals surface area (Å²) in [5.74, 6) is 0.970. The van der Waals surface area contributed by atoms with Gasteiger partial charge in [0, 0.05) is 4.75 Å². The second-order valence-corrected chi connectivity index (χ2v) is 6.85. The van der Waals surface area contributed by atoms with Gasteiger partial charge in [-0.05, 0) is 37.0 Å². The van der Waals surface area contributed by atoms with Gasteiger partial charge in [0.1, 0.15) is 0 Å². The maximum atomic E-state index is 4.55. The lowest BCUT2D eigenvalue weighted by Crippen LogP contribution is -2.34. The Hall–Kier alpha value is 0.350. The summed E-state index contributed by atoms with van der Waals surface area (Å²) in [5.41, 5.74) is 0.652. The quantitative estimate of drug-likeness (QED) is 0.635. The van der Waals surface area contributed by atoms with Crippen molar-refractivity contribution < 1.29 is 0 Å². The third kappa shape index (κ3) is 3.01. The summed E-state index contributed by atoms with van der Waals surface area (Å²) in [4.78, 5) is 0. The van der Waals surface area contributed by atoms with E-state index in [1.54, 1.807) is 0 Å². The number of rotatable bonds is 3. The highest BCUT2D eigenvalue weighted by Crippen LogP contribution is 2.49. The molecule has 0 aliphatic heterocycles. The van der Waals surface area contributed by atoms with Crippen LogP contribution in [0, 0.1) is 11.3 Å². The normalized spacial score (nSPS) is 36.2. The zero-order valence-electron chi connectivity index (χ0n) is 8.85. The van der Waals surface area contributed by atoms with Crippen molar-refractivity contribution in [2.75, 3.05) is 0 Å². The van der Waals surface area contributed by atoms with E-state index < -0.39 is 0 Å². The lowest BCUT2D eigenvalue weighted by atomic mass is 9.61. The standard InChI is InChI=1S/C11H22S/c1-9-7-11(4,8-9)6-5-10(2,3)12/h9,12H,5-8H2,1-4H3. The van der Waals surface area contributed by atoms with Gasteiger partial charge in [-0.25, -0.2) is 0 Å². The summed E-state index contributed by atoms with van der Waals surface area (Å²) in [5, 5.41) is 0. The van der Waals surface area contributed by atoms with Crippen LogP contribution in [0.2, 0.25) is 0 Å². The molecule has 1 fully saturated rings. The van der Waals surface area contributed by atoms with Crippen molar-refractivity contribution >= 4 is 12.6 Å². The van der Waals surface area contributed by atoms with Crippen LogP contribution in [-0.2, 0) is 0 Å². The zero-order valence-corrected chi connectivity index (χ0v) is 9.75. The molecule has 0 radical (unpaired) electrons. The molecule has 0 nitrogen and oxygen atoms in total. The van der Waals surface area contributed by atoms with Crippen molar-refractivity contribution in [3.05, 3.63) is 0 Å². The van der Waals surface area contributed by atoms with Gasteiger partial charge >= 0.3 is 0 Å². The smallest absolute Gasteiger partial charge is 0.00733 e. The summed E-state index contributed by atoms with van der Waals surface area (Å²) in [7, 11) is 0. The first-order valence-corrected chi connectivity index (χ1v) is 5.48. The lowest BCUT2D eigenvalue weighted by molar-refractivity contribution is 0.0726. The molecule has 1 saturated carbocycles. The van der Waals surface area contributed by atoms with Crippen LogP contribution in [0.4, 0.5) is 0 Å². The fourth-order valence-electron chi connectivity index (χ4n) is 2.43. The topological polar surface area (TPSA) is 0 Å². The highest BCUT2D eigenvalue weighted by atomic mass is 32.1. The van der Waals surface area contributed by atoms with Crippen LogP contribution in [0.15, 0.2) is 0 Å². The molecule has 0 unspecified atom stereocenters. The van der Waals surface area contributed by atoms with E-state index in [1.165, 1.54) is 25.7 Å². The minimum Gasteiger partial charge on any atom is -0.173 e. The molecule has 0 aromatic carbocycles. The van der Waals surface area contributed by atoms with E-state index in [1.807, 2.05) is 0 Å². The number of thiol groups is 1. The van der Waals surface area contributed by atoms with Gasteiger partial charge in [-0.1, -0.05) is 27.7 Å². The van der Waals surface area contributed by atoms with Crippen LogP contribution in [0.5, 0.6) is 0 Å². The Morgan fingerprint density at radius 3 is 2.25 bits per heavy atom. The van der Waals surface area contributed by atoms with Gasteiger partial charge in [-0.3, -0.25) is 0 Å². The highest BCUT2D eigenvalue weighted by molar-refractivity contribution is 7.81. The van der Waals surface area contributed by atoms with Crippen molar-refractivity contribution in [2.45, 2.75) is 58.1 Å². The van der Waals surface area contributed by atoms with Crippen molar-refractivity contribution in [3.8, 4) is 0 Å². The Kier molecular flexibility index (Phi) is 2.82. The Balaban J connectivity index is 2.24. The number of hydrogen-bond acceptors (Lipinski definition) is 1. The number of hydrogen-bond donors (Lipinski definition) is 1. The first kappa shape index (κ1) is 10.4. The van der Waals surface area contributed by atoms with E-state index in [4.69, 9.17) is 0 Å². The molecular formula is C11H22S. The Morgan fingerprint density at radius 2 is 1.92 bits per heavy atom. The summed E-state index contributed by atoms with van der Waals surface area (Å²) in [6.07, 6.45) is 5.46. The molecule has 0 heterocycles. The molecule has 1 heteroatoms. The third-order valence-corrected chi connectivity index (χ3v) is 3.25. The van der Waals surface area contributed by atoms with Gasteiger partial charge in [0.05, 0.1) is 0 Å². The van der Waals surface area contributed by atoms with E-state index >= 15 is 0 Å². The van der Waals surface area contributed by atoms with Gasteiger partial charge in [-0.15, -0.1) is 0 Å². The predicted molar refractivity (Wildman–Crippen MR) is 58.8 cm³/mol. The van der Waals surface area contributed by atoms with Crippen LogP contribution in [-0.4, -0.2) is 4.75 Å². The van der Waals surface area contributed by atoms with Crippen LogP contribution < -0.4 is 0 Å². The second-order valence-electron chi connectivity index (χ2n) is 5.64. The second kappa shape index (κ2) is 3.25. The minimum atomic E-state index is 0.224. The van der Waals surface area contributed by atoms with E-state index in [2.05, 4.69) is 40.3 Å². The third-order valence-electron chi connectivity index (χ3n) is 3.02. The predicted octanol–water partition coefficient (Wildman–Crippen LogP) is 3.91. The van der Waals surface area contributed by atoms with Crippen LogP contribution in [0.3, 0.4) is 0 Å². The Bertz CT molecular complexity index is 149. The van der Waals surface area contributed by atoms with Crippen LogP contribution in [0.25, 0.3) is 0 Å². The molecule has 0 bridgehead atoms. The molecule has 72 valence electrons. The van der Waals surface area contributed by atoms with Gasteiger partial charge in [-0.2, -0.15) is 12.6 Å². The fourth-order valence-corrected chi connectivity index (χ4v) is 2.55. The van der Waals surface area contributed by atoms with Gasteiger partial charge in [0.25, 0.3) is 0 Å². The summed E-state index contributed by atoms with van der Waals surface area (Å²) < 4.78 is 0.224. The van der Waals surface area contributed by atoms with Gasteiger partial charge < -0.3 is 0 Å². The highest BCUT2D eigenvalue weighted by Gasteiger charge is 2.37. The first-order valence-electron chi connectivity index (χ1n) is 5.03. The zero-order chi connectivity index (χ0) is 9.41. The molecular weight excluding hydrogens is 164 g/mol. The molecule has 12 heavy (non-hydrogen) atoms. The average molecular weight is 186 g/mol. The molecule has 0 amide bonds. The largest absolute Gasteiger partial charge is 0.173 e. The molecule has 0 saturated heterocycles. The molecule has 0 N–H and O–H groups in total. The average Bonchev–Trinajstić information content (AvgIpc) is 1.79. The maximum Gasteiger partial charge on any atom is 0.00733 e. The van der Waals surface area contributed by atoms with Gasteiger partial charge in [0.15, 0.2) is 0 Å².